The summed E-state index contributed by atoms with van der Waals surface area (Å²) in [6.07, 6.45) is 19.3. The van der Waals surface area contributed by atoms with Gasteiger partial charge in [0.25, 0.3) is 0 Å². The molecule has 0 aliphatic heterocycles. The van der Waals surface area contributed by atoms with Gasteiger partial charge < -0.3 is 4.74 Å². The Morgan fingerprint density at radius 2 is 1.14 bits per heavy atom. The number of hydrogen-bond donors (Lipinski definition) is 0. The molecule has 4 heteroatoms. The topological polar surface area (TPSA) is 58.0 Å². The lowest BCUT2D eigenvalue weighted by molar-refractivity contribution is 0.137. The molecule has 0 aliphatic carbocycles. The maximum Gasteiger partial charge on any atom is 0.0522 e. The number of azide groups is 1. The van der Waals surface area contributed by atoms with Gasteiger partial charge in [-0.2, -0.15) is 0 Å². The number of ether oxygens (including phenoxy) is 1. The normalized spacial score (nSPS) is 10.6. The zero-order valence-corrected chi connectivity index (χ0v) is 14.8. The van der Waals surface area contributed by atoms with Crippen LogP contribution in [-0.2, 0) is 4.74 Å². The molecule has 0 bridgehead atoms. The third-order valence-corrected chi connectivity index (χ3v) is 4.04. The van der Waals surface area contributed by atoms with Crippen molar-refractivity contribution in [1.82, 2.24) is 0 Å². The maximum atomic E-state index is 8.10. The van der Waals surface area contributed by atoms with E-state index in [1.54, 1.807) is 0 Å². The van der Waals surface area contributed by atoms with Crippen molar-refractivity contribution >= 4 is 0 Å². The molecule has 0 N–H and O–H groups in total. The average Bonchev–Trinajstić information content (AvgIpc) is 2.54. The van der Waals surface area contributed by atoms with Crippen LogP contribution < -0.4 is 0 Å². The smallest absolute Gasteiger partial charge is 0.0522 e. The molecule has 4 nitrogen and oxygen atoms in total. The summed E-state index contributed by atoms with van der Waals surface area (Å²) in [7, 11) is 0. The van der Waals surface area contributed by atoms with E-state index >= 15 is 0 Å². The lowest BCUT2D eigenvalue weighted by atomic mass is 10.0. The molecule has 0 aromatic carbocycles. The van der Waals surface area contributed by atoms with Crippen LogP contribution in [0.1, 0.15) is 96.8 Å². The van der Waals surface area contributed by atoms with Crippen molar-refractivity contribution in [2.75, 3.05) is 19.8 Å². The van der Waals surface area contributed by atoms with Crippen molar-refractivity contribution in [2.24, 2.45) is 5.11 Å². The Bertz CT molecular complexity index is 253. The summed E-state index contributed by atoms with van der Waals surface area (Å²) in [6.45, 7) is 4.09. The molecule has 0 heterocycles. The van der Waals surface area contributed by atoms with Crippen molar-refractivity contribution < 1.29 is 4.74 Å². The summed E-state index contributed by atoms with van der Waals surface area (Å²) >= 11 is 0. The fourth-order valence-corrected chi connectivity index (χ4v) is 2.65. The fourth-order valence-electron chi connectivity index (χ4n) is 2.65. The van der Waals surface area contributed by atoms with Crippen molar-refractivity contribution in [3.05, 3.63) is 10.4 Å². The van der Waals surface area contributed by atoms with E-state index in [-0.39, 0.29) is 0 Å². The van der Waals surface area contributed by atoms with Crippen molar-refractivity contribution in [3.63, 3.8) is 0 Å². The minimum absolute atomic E-state index is 0.453. The Hall–Kier alpha value is -0.730. The Morgan fingerprint density at radius 3 is 1.59 bits per heavy atom. The van der Waals surface area contributed by atoms with Crippen LogP contribution in [0.5, 0.6) is 0 Å². The van der Waals surface area contributed by atoms with Crippen LogP contribution in [0.15, 0.2) is 5.11 Å². The molecule has 0 amide bonds. The quantitative estimate of drug-likeness (QED) is 0.119. The summed E-state index contributed by atoms with van der Waals surface area (Å²) in [6, 6.07) is 0. The number of nitrogens with zero attached hydrogens (tertiary/aromatic N) is 3. The van der Waals surface area contributed by atoms with Gasteiger partial charge in [-0.1, -0.05) is 95.5 Å². The van der Waals surface area contributed by atoms with Gasteiger partial charge in [0.2, 0.25) is 0 Å². The summed E-state index contributed by atoms with van der Waals surface area (Å²) in [5.74, 6) is 0. The summed E-state index contributed by atoms with van der Waals surface area (Å²) in [5.41, 5.74) is 8.10. The lowest BCUT2D eigenvalue weighted by Gasteiger charge is -2.04. The Balaban J connectivity index is 2.95. The van der Waals surface area contributed by atoms with Crippen LogP contribution in [0, 0.1) is 0 Å². The molecule has 0 unspecified atom stereocenters. The molecule has 0 saturated carbocycles. The molecule has 0 saturated heterocycles. The van der Waals surface area contributed by atoms with E-state index in [2.05, 4.69) is 16.9 Å². The van der Waals surface area contributed by atoms with E-state index in [9.17, 15) is 0 Å². The van der Waals surface area contributed by atoms with Gasteiger partial charge in [0.05, 0.1) is 6.61 Å². The van der Waals surface area contributed by atoms with Gasteiger partial charge in [-0.3, -0.25) is 0 Å². The summed E-state index contributed by atoms with van der Waals surface area (Å²) < 4.78 is 5.38. The van der Waals surface area contributed by atoms with E-state index in [1.807, 2.05) is 0 Å². The second kappa shape index (κ2) is 20.3. The van der Waals surface area contributed by atoms with Crippen LogP contribution >= 0.6 is 0 Å². The fraction of sp³-hybridized carbons (Fsp3) is 1.00. The second-order valence-electron chi connectivity index (χ2n) is 6.16. The zero-order chi connectivity index (χ0) is 16.1. The summed E-state index contributed by atoms with van der Waals surface area (Å²) in [4.78, 5) is 2.69. The van der Waals surface area contributed by atoms with Crippen molar-refractivity contribution in [2.45, 2.75) is 96.8 Å². The Kier molecular flexibility index (Phi) is 19.6. The van der Waals surface area contributed by atoms with Crippen LogP contribution in [0.25, 0.3) is 10.4 Å². The molecule has 0 aromatic rings. The van der Waals surface area contributed by atoms with Crippen LogP contribution in [0.3, 0.4) is 0 Å². The Labute approximate surface area is 137 Å². The molecule has 0 radical (unpaired) electrons. The van der Waals surface area contributed by atoms with Crippen molar-refractivity contribution in [1.29, 1.82) is 0 Å². The number of unbranched alkanes of at least 4 members (excludes halogenated alkanes) is 13. The highest BCUT2D eigenvalue weighted by Gasteiger charge is 1.94. The van der Waals surface area contributed by atoms with Gasteiger partial charge in [-0.15, -0.1) is 0 Å². The predicted octanol–water partition coefficient (Wildman–Crippen LogP) is 6.79. The van der Waals surface area contributed by atoms with Crippen LogP contribution in [-0.4, -0.2) is 19.8 Å². The molecule has 0 atom stereocenters. The van der Waals surface area contributed by atoms with Crippen molar-refractivity contribution in [3.8, 4) is 0 Å². The van der Waals surface area contributed by atoms with Crippen LogP contribution in [0.2, 0.25) is 0 Å². The van der Waals surface area contributed by atoms with Gasteiger partial charge in [0.1, 0.15) is 0 Å². The highest BCUT2D eigenvalue weighted by molar-refractivity contribution is 4.49. The third-order valence-electron chi connectivity index (χ3n) is 4.04. The monoisotopic (exact) mass is 311 g/mol. The predicted molar refractivity (Wildman–Crippen MR) is 95.1 cm³/mol. The molecule has 130 valence electrons. The molecular formula is C18H37N3O. The van der Waals surface area contributed by atoms with E-state index in [0.717, 1.165) is 13.0 Å². The minimum Gasteiger partial charge on any atom is -0.381 e. The van der Waals surface area contributed by atoms with E-state index in [0.29, 0.717) is 13.2 Å². The molecule has 0 spiro atoms. The summed E-state index contributed by atoms with van der Waals surface area (Å²) in [5, 5.41) is 3.43. The number of rotatable bonds is 18. The average molecular weight is 312 g/mol. The lowest BCUT2D eigenvalue weighted by Crippen LogP contribution is -1.99. The largest absolute Gasteiger partial charge is 0.381 e. The standard InChI is InChI=1S/C18H37N3O/c1-2-3-4-5-6-7-8-9-10-11-12-13-14-15-17-22-18-16-20-21-19/h2-18H2,1H3. The second-order valence-corrected chi connectivity index (χ2v) is 6.16. The third kappa shape index (κ3) is 19.3. The van der Waals surface area contributed by atoms with Gasteiger partial charge in [-0.25, -0.2) is 0 Å². The van der Waals surface area contributed by atoms with E-state index in [4.69, 9.17) is 10.3 Å². The molecular weight excluding hydrogens is 274 g/mol. The molecule has 0 aromatic heterocycles. The van der Waals surface area contributed by atoms with Gasteiger partial charge >= 0.3 is 0 Å². The molecule has 0 rings (SSSR count). The molecule has 22 heavy (non-hydrogen) atoms. The first-order chi connectivity index (χ1) is 10.9. The first kappa shape index (κ1) is 21.3. The van der Waals surface area contributed by atoms with Crippen LogP contribution in [0.4, 0.5) is 0 Å². The zero-order valence-electron chi connectivity index (χ0n) is 14.8. The SMILES string of the molecule is CCCCCCCCCCCCCCCCOCCN=[N+]=[N-]. The highest BCUT2D eigenvalue weighted by atomic mass is 16.5. The highest BCUT2D eigenvalue weighted by Crippen LogP contribution is 2.12. The van der Waals surface area contributed by atoms with E-state index < -0.39 is 0 Å². The van der Waals surface area contributed by atoms with E-state index in [1.165, 1.54) is 83.5 Å². The van der Waals surface area contributed by atoms with Gasteiger partial charge in [0, 0.05) is 18.1 Å². The van der Waals surface area contributed by atoms with Gasteiger partial charge in [-0.05, 0) is 12.0 Å². The molecule has 0 fully saturated rings. The maximum absolute atomic E-state index is 8.10. The first-order valence-electron chi connectivity index (χ1n) is 9.50. The minimum atomic E-state index is 0.453. The molecule has 0 aliphatic rings. The first-order valence-corrected chi connectivity index (χ1v) is 9.50. The van der Waals surface area contributed by atoms with Gasteiger partial charge in [0.15, 0.2) is 0 Å². The Morgan fingerprint density at radius 1 is 0.682 bits per heavy atom. The number of hydrogen-bond acceptors (Lipinski definition) is 2.